The third-order valence-electron chi connectivity index (χ3n) is 4.15. The molecule has 3 rings (SSSR count). The molecule has 4 heteroatoms. The normalized spacial score (nSPS) is 22.4. The van der Waals surface area contributed by atoms with E-state index in [0.29, 0.717) is 24.4 Å². The SMILES string of the molecule is CCC1c2ccsc2CCN1C(=O)CCNC1CC1. The molecule has 19 heavy (non-hydrogen) atoms. The minimum Gasteiger partial charge on any atom is -0.335 e. The van der Waals surface area contributed by atoms with Crippen molar-refractivity contribution < 1.29 is 4.79 Å². The topological polar surface area (TPSA) is 32.3 Å². The average Bonchev–Trinajstić information content (AvgIpc) is 3.12. The highest BCUT2D eigenvalue weighted by Gasteiger charge is 2.30. The van der Waals surface area contributed by atoms with Gasteiger partial charge in [-0.05, 0) is 42.7 Å². The second kappa shape index (κ2) is 5.63. The largest absolute Gasteiger partial charge is 0.335 e. The number of hydrogen-bond acceptors (Lipinski definition) is 3. The maximum Gasteiger partial charge on any atom is 0.224 e. The first-order chi connectivity index (χ1) is 9.29. The highest BCUT2D eigenvalue weighted by molar-refractivity contribution is 7.10. The van der Waals surface area contributed by atoms with Crippen molar-refractivity contribution in [2.75, 3.05) is 13.1 Å². The van der Waals surface area contributed by atoms with E-state index in [9.17, 15) is 4.79 Å². The van der Waals surface area contributed by atoms with E-state index in [2.05, 4.69) is 28.6 Å². The molecular formula is C15H22N2OS. The zero-order valence-electron chi connectivity index (χ0n) is 11.5. The summed E-state index contributed by atoms with van der Waals surface area (Å²) in [5, 5.41) is 5.59. The first-order valence-corrected chi connectivity index (χ1v) is 8.26. The van der Waals surface area contributed by atoms with Crippen LogP contribution in [-0.2, 0) is 11.2 Å². The molecule has 1 amide bonds. The van der Waals surface area contributed by atoms with Crippen molar-refractivity contribution in [3.63, 3.8) is 0 Å². The van der Waals surface area contributed by atoms with Crippen LogP contribution in [0.4, 0.5) is 0 Å². The average molecular weight is 278 g/mol. The summed E-state index contributed by atoms with van der Waals surface area (Å²) in [7, 11) is 0. The van der Waals surface area contributed by atoms with Crippen molar-refractivity contribution >= 4 is 17.2 Å². The standard InChI is InChI=1S/C15H22N2OS/c1-2-13-12-7-10-19-14(12)6-9-17(13)15(18)5-8-16-11-3-4-11/h7,10-11,13,16H,2-6,8-9H2,1H3. The molecule has 0 bridgehead atoms. The minimum absolute atomic E-state index is 0.309. The second-order valence-electron chi connectivity index (χ2n) is 5.54. The van der Waals surface area contributed by atoms with Crippen molar-refractivity contribution in [2.24, 2.45) is 0 Å². The zero-order chi connectivity index (χ0) is 13.2. The van der Waals surface area contributed by atoms with Crippen LogP contribution in [0, 0.1) is 0 Å². The summed E-state index contributed by atoms with van der Waals surface area (Å²) < 4.78 is 0. The Hall–Kier alpha value is -0.870. The molecule has 2 aliphatic rings. The predicted molar refractivity (Wildman–Crippen MR) is 78.4 cm³/mol. The van der Waals surface area contributed by atoms with Gasteiger partial charge in [-0.25, -0.2) is 0 Å². The fourth-order valence-corrected chi connectivity index (χ4v) is 3.88. The second-order valence-corrected chi connectivity index (χ2v) is 6.54. The molecule has 1 N–H and O–H groups in total. The number of nitrogens with one attached hydrogen (secondary N) is 1. The van der Waals surface area contributed by atoms with Crippen LogP contribution in [0.25, 0.3) is 0 Å². The van der Waals surface area contributed by atoms with Crippen LogP contribution >= 0.6 is 11.3 Å². The monoisotopic (exact) mass is 278 g/mol. The van der Waals surface area contributed by atoms with E-state index in [-0.39, 0.29) is 0 Å². The van der Waals surface area contributed by atoms with E-state index >= 15 is 0 Å². The molecule has 1 aromatic rings. The molecule has 1 atom stereocenters. The molecule has 0 spiro atoms. The van der Waals surface area contributed by atoms with Gasteiger partial charge in [0, 0.05) is 30.4 Å². The molecule has 1 saturated carbocycles. The van der Waals surface area contributed by atoms with E-state index in [1.165, 1.54) is 23.3 Å². The lowest BCUT2D eigenvalue weighted by molar-refractivity contribution is -0.134. The van der Waals surface area contributed by atoms with E-state index in [1.807, 2.05) is 11.3 Å². The lowest BCUT2D eigenvalue weighted by atomic mass is 9.97. The zero-order valence-corrected chi connectivity index (χ0v) is 12.3. The fourth-order valence-electron chi connectivity index (χ4n) is 2.95. The molecule has 1 aliphatic heterocycles. The van der Waals surface area contributed by atoms with Crippen LogP contribution in [-0.4, -0.2) is 29.9 Å². The number of carbonyl (C=O) groups is 1. The summed E-state index contributed by atoms with van der Waals surface area (Å²) in [6.45, 7) is 3.92. The fraction of sp³-hybridized carbons (Fsp3) is 0.667. The summed E-state index contributed by atoms with van der Waals surface area (Å²) in [6.07, 6.45) is 5.27. The highest BCUT2D eigenvalue weighted by Crippen LogP contribution is 2.35. The van der Waals surface area contributed by atoms with Crippen molar-refractivity contribution in [3.8, 4) is 0 Å². The molecule has 1 fully saturated rings. The molecule has 104 valence electrons. The molecule has 1 unspecified atom stereocenters. The Labute approximate surface area is 119 Å². The smallest absolute Gasteiger partial charge is 0.224 e. The third kappa shape index (κ3) is 2.84. The van der Waals surface area contributed by atoms with Crippen molar-refractivity contribution in [1.82, 2.24) is 10.2 Å². The number of thiophene rings is 1. The summed E-state index contributed by atoms with van der Waals surface area (Å²) in [4.78, 5) is 16.0. The van der Waals surface area contributed by atoms with Gasteiger partial charge in [-0.2, -0.15) is 0 Å². The van der Waals surface area contributed by atoms with Crippen LogP contribution in [0.5, 0.6) is 0 Å². The van der Waals surface area contributed by atoms with Gasteiger partial charge < -0.3 is 10.2 Å². The van der Waals surface area contributed by atoms with E-state index < -0.39 is 0 Å². The quantitative estimate of drug-likeness (QED) is 0.898. The number of nitrogens with zero attached hydrogens (tertiary/aromatic N) is 1. The van der Waals surface area contributed by atoms with Gasteiger partial charge in [-0.15, -0.1) is 11.3 Å². The number of carbonyl (C=O) groups excluding carboxylic acids is 1. The van der Waals surface area contributed by atoms with Gasteiger partial charge in [0.05, 0.1) is 6.04 Å². The van der Waals surface area contributed by atoms with Crippen LogP contribution in [0.3, 0.4) is 0 Å². The van der Waals surface area contributed by atoms with Gasteiger partial charge in [-0.1, -0.05) is 6.92 Å². The highest BCUT2D eigenvalue weighted by atomic mass is 32.1. The van der Waals surface area contributed by atoms with Crippen molar-refractivity contribution in [3.05, 3.63) is 21.9 Å². The van der Waals surface area contributed by atoms with Gasteiger partial charge in [0.1, 0.15) is 0 Å². The number of rotatable bonds is 5. The number of fused-ring (bicyclic) bond motifs is 1. The van der Waals surface area contributed by atoms with Crippen molar-refractivity contribution in [1.29, 1.82) is 0 Å². The Bertz CT molecular complexity index is 453. The molecule has 0 aromatic carbocycles. The molecule has 1 aromatic heterocycles. The summed E-state index contributed by atoms with van der Waals surface area (Å²) in [6, 6.07) is 3.21. The lowest BCUT2D eigenvalue weighted by Crippen LogP contribution is -2.40. The van der Waals surface area contributed by atoms with Crippen molar-refractivity contribution in [2.45, 2.75) is 51.1 Å². The van der Waals surface area contributed by atoms with E-state index in [0.717, 1.165) is 25.9 Å². The van der Waals surface area contributed by atoms with Gasteiger partial charge in [0.15, 0.2) is 0 Å². The van der Waals surface area contributed by atoms with Crippen LogP contribution < -0.4 is 5.32 Å². The first-order valence-electron chi connectivity index (χ1n) is 7.38. The van der Waals surface area contributed by atoms with Crippen LogP contribution in [0.1, 0.15) is 49.1 Å². The van der Waals surface area contributed by atoms with E-state index in [4.69, 9.17) is 0 Å². The Morgan fingerprint density at radius 3 is 3.11 bits per heavy atom. The number of hydrogen-bond donors (Lipinski definition) is 1. The Balaban J connectivity index is 1.61. The molecular weight excluding hydrogens is 256 g/mol. The third-order valence-corrected chi connectivity index (χ3v) is 5.15. The summed E-state index contributed by atoms with van der Waals surface area (Å²) in [5.41, 5.74) is 1.39. The molecule has 0 saturated heterocycles. The van der Waals surface area contributed by atoms with Crippen LogP contribution in [0.15, 0.2) is 11.4 Å². The van der Waals surface area contributed by atoms with Gasteiger partial charge in [-0.3, -0.25) is 4.79 Å². The number of amides is 1. The molecule has 2 heterocycles. The Kier molecular flexibility index (Phi) is 3.89. The van der Waals surface area contributed by atoms with Gasteiger partial charge in [0.25, 0.3) is 0 Å². The molecule has 0 radical (unpaired) electrons. The lowest BCUT2D eigenvalue weighted by Gasteiger charge is -2.35. The maximum atomic E-state index is 12.4. The maximum absolute atomic E-state index is 12.4. The molecule has 3 nitrogen and oxygen atoms in total. The van der Waals surface area contributed by atoms with Crippen LogP contribution in [0.2, 0.25) is 0 Å². The Morgan fingerprint density at radius 1 is 1.53 bits per heavy atom. The van der Waals surface area contributed by atoms with Gasteiger partial charge >= 0.3 is 0 Å². The first kappa shape index (κ1) is 13.1. The Morgan fingerprint density at radius 2 is 2.37 bits per heavy atom. The summed E-state index contributed by atoms with van der Waals surface area (Å²) >= 11 is 1.84. The summed E-state index contributed by atoms with van der Waals surface area (Å²) in [5.74, 6) is 0.317. The molecule has 1 aliphatic carbocycles. The predicted octanol–water partition coefficient (Wildman–Crippen LogP) is 2.73. The minimum atomic E-state index is 0.309. The van der Waals surface area contributed by atoms with Gasteiger partial charge in [0.2, 0.25) is 5.91 Å². The van der Waals surface area contributed by atoms with E-state index in [1.54, 1.807) is 0 Å².